The van der Waals surface area contributed by atoms with Crippen LogP contribution < -0.4 is 0 Å². The Morgan fingerprint density at radius 1 is 1.24 bits per heavy atom. The topological polar surface area (TPSA) is 23.6 Å². The predicted octanol–water partition coefficient (Wildman–Crippen LogP) is 1.90. The van der Waals surface area contributed by atoms with Crippen LogP contribution in [-0.4, -0.2) is 47.4 Å². The van der Waals surface area contributed by atoms with Gasteiger partial charge in [-0.2, -0.15) is 0 Å². The van der Waals surface area contributed by atoms with E-state index in [1.807, 2.05) is 4.90 Å². The number of hydrogen-bond acceptors (Lipinski definition) is 2. The number of carbonyl (C=O) groups excluding carboxylic acids is 1. The highest BCUT2D eigenvalue weighted by Crippen LogP contribution is 2.43. The monoisotopic (exact) mass is 236 g/mol. The molecule has 0 radical (unpaired) electrons. The van der Waals surface area contributed by atoms with Gasteiger partial charge in [0.1, 0.15) is 0 Å². The molecule has 2 saturated heterocycles. The minimum Gasteiger partial charge on any atom is -0.339 e. The fourth-order valence-electron chi connectivity index (χ4n) is 2.88. The van der Waals surface area contributed by atoms with Crippen molar-refractivity contribution in [3.8, 4) is 0 Å². The second kappa shape index (κ2) is 4.13. The number of nitrogens with zero attached hydrogens (tertiary/aromatic N) is 2. The van der Waals surface area contributed by atoms with Crippen LogP contribution in [0.15, 0.2) is 12.7 Å². The van der Waals surface area contributed by atoms with Crippen LogP contribution in [0.1, 0.15) is 33.6 Å². The van der Waals surface area contributed by atoms with Gasteiger partial charge in [0.2, 0.25) is 5.91 Å². The predicted molar refractivity (Wildman–Crippen MR) is 69.8 cm³/mol. The standard InChI is InChI=1S/C14H24N2O/c1-5-12(17)15-8-6-14(7-9-15)10-16(11-14)13(2,3)4/h5H,1,6-11H2,2-4H3. The summed E-state index contributed by atoms with van der Waals surface area (Å²) in [5, 5.41) is 0. The maximum Gasteiger partial charge on any atom is 0.245 e. The van der Waals surface area contributed by atoms with E-state index in [-0.39, 0.29) is 5.91 Å². The van der Waals surface area contributed by atoms with Crippen molar-refractivity contribution in [1.82, 2.24) is 9.80 Å². The molecule has 2 fully saturated rings. The van der Waals surface area contributed by atoms with Gasteiger partial charge in [0, 0.05) is 31.7 Å². The highest BCUT2D eigenvalue weighted by molar-refractivity contribution is 5.87. The molecule has 0 N–H and O–H groups in total. The summed E-state index contributed by atoms with van der Waals surface area (Å²) in [6.07, 6.45) is 3.73. The molecule has 0 saturated carbocycles. The molecule has 96 valence electrons. The van der Waals surface area contributed by atoms with E-state index in [2.05, 4.69) is 32.3 Å². The number of amides is 1. The van der Waals surface area contributed by atoms with Gasteiger partial charge in [0.05, 0.1) is 0 Å². The lowest BCUT2D eigenvalue weighted by Gasteiger charge is -2.58. The van der Waals surface area contributed by atoms with Crippen molar-refractivity contribution in [2.24, 2.45) is 5.41 Å². The van der Waals surface area contributed by atoms with E-state index in [0.717, 1.165) is 25.9 Å². The zero-order valence-corrected chi connectivity index (χ0v) is 11.3. The number of likely N-dealkylation sites (tertiary alicyclic amines) is 2. The SMILES string of the molecule is C=CC(=O)N1CCC2(CC1)CN(C(C)(C)C)C2. The fraction of sp³-hybridized carbons (Fsp3) is 0.786. The molecular formula is C14H24N2O. The lowest BCUT2D eigenvalue weighted by Crippen LogP contribution is -2.65. The Bertz CT molecular complexity index is 314. The first-order valence-corrected chi connectivity index (χ1v) is 6.53. The number of piperidine rings is 1. The van der Waals surface area contributed by atoms with Gasteiger partial charge in [0.25, 0.3) is 0 Å². The van der Waals surface area contributed by atoms with Crippen LogP contribution in [0.25, 0.3) is 0 Å². The highest BCUT2D eigenvalue weighted by Gasteiger charge is 2.48. The molecule has 1 spiro atoms. The summed E-state index contributed by atoms with van der Waals surface area (Å²) >= 11 is 0. The minimum absolute atomic E-state index is 0.0897. The average Bonchev–Trinajstić information content (AvgIpc) is 2.23. The van der Waals surface area contributed by atoms with E-state index in [1.165, 1.54) is 19.2 Å². The molecule has 2 aliphatic heterocycles. The van der Waals surface area contributed by atoms with Crippen molar-refractivity contribution in [3.63, 3.8) is 0 Å². The molecule has 3 nitrogen and oxygen atoms in total. The summed E-state index contributed by atoms with van der Waals surface area (Å²) < 4.78 is 0. The van der Waals surface area contributed by atoms with Crippen molar-refractivity contribution in [2.45, 2.75) is 39.2 Å². The molecule has 0 unspecified atom stereocenters. The third kappa shape index (κ3) is 2.39. The first-order chi connectivity index (χ1) is 7.86. The Labute approximate surface area is 104 Å². The van der Waals surface area contributed by atoms with Gasteiger partial charge in [-0.05, 0) is 45.1 Å². The molecule has 1 amide bonds. The quantitative estimate of drug-likeness (QED) is 0.649. The Kier molecular flexibility index (Phi) is 3.06. The molecule has 2 rings (SSSR count). The largest absolute Gasteiger partial charge is 0.339 e. The third-order valence-corrected chi connectivity index (χ3v) is 4.31. The zero-order valence-electron chi connectivity index (χ0n) is 11.3. The first-order valence-electron chi connectivity index (χ1n) is 6.53. The Hall–Kier alpha value is -0.830. The van der Waals surface area contributed by atoms with Crippen LogP contribution in [-0.2, 0) is 4.79 Å². The maximum atomic E-state index is 11.5. The van der Waals surface area contributed by atoms with E-state index in [1.54, 1.807) is 0 Å². The molecule has 2 aliphatic rings. The van der Waals surface area contributed by atoms with Crippen molar-refractivity contribution in [1.29, 1.82) is 0 Å². The summed E-state index contributed by atoms with van der Waals surface area (Å²) in [6, 6.07) is 0. The summed E-state index contributed by atoms with van der Waals surface area (Å²) in [5.74, 6) is 0.0897. The van der Waals surface area contributed by atoms with E-state index >= 15 is 0 Å². The van der Waals surface area contributed by atoms with Crippen LogP contribution in [0.4, 0.5) is 0 Å². The molecule has 0 bridgehead atoms. The van der Waals surface area contributed by atoms with Crippen molar-refractivity contribution >= 4 is 5.91 Å². The van der Waals surface area contributed by atoms with Crippen LogP contribution in [0.5, 0.6) is 0 Å². The molecule has 0 aromatic heterocycles. The zero-order chi connectivity index (χ0) is 12.7. The normalized spacial score (nSPS) is 24.5. The smallest absolute Gasteiger partial charge is 0.245 e. The number of hydrogen-bond donors (Lipinski definition) is 0. The molecule has 17 heavy (non-hydrogen) atoms. The van der Waals surface area contributed by atoms with Crippen LogP contribution in [0, 0.1) is 5.41 Å². The van der Waals surface area contributed by atoms with Crippen LogP contribution in [0.2, 0.25) is 0 Å². The fourth-order valence-corrected chi connectivity index (χ4v) is 2.88. The molecular weight excluding hydrogens is 212 g/mol. The van der Waals surface area contributed by atoms with Gasteiger partial charge in [-0.25, -0.2) is 0 Å². The molecule has 0 aromatic carbocycles. The lowest BCUT2D eigenvalue weighted by molar-refractivity contribution is -0.134. The van der Waals surface area contributed by atoms with Gasteiger partial charge in [0.15, 0.2) is 0 Å². The van der Waals surface area contributed by atoms with E-state index in [4.69, 9.17) is 0 Å². The Morgan fingerprint density at radius 3 is 2.18 bits per heavy atom. The van der Waals surface area contributed by atoms with Gasteiger partial charge < -0.3 is 4.90 Å². The Morgan fingerprint density at radius 2 is 1.76 bits per heavy atom. The molecule has 0 aromatic rings. The summed E-state index contributed by atoms with van der Waals surface area (Å²) in [5.41, 5.74) is 0.782. The second-order valence-corrected chi connectivity index (χ2v) is 6.56. The molecule has 3 heteroatoms. The first kappa shape index (κ1) is 12.6. The molecule has 0 atom stereocenters. The van der Waals surface area contributed by atoms with Gasteiger partial charge >= 0.3 is 0 Å². The lowest BCUT2D eigenvalue weighted by atomic mass is 9.70. The Balaban J connectivity index is 1.85. The average molecular weight is 236 g/mol. The molecule has 2 heterocycles. The maximum absolute atomic E-state index is 11.5. The summed E-state index contributed by atoms with van der Waals surface area (Å²) in [4.78, 5) is 16.0. The number of rotatable bonds is 1. The van der Waals surface area contributed by atoms with Crippen LogP contribution in [0.3, 0.4) is 0 Å². The van der Waals surface area contributed by atoms with Crippen molar-refractivity contribution < 1.29 is 4.79 Å². The second-order valence-electron chi connectivity index (χ2n) is 6.56. The van der Waals surface area contributed by atoms with Gasteiger partial charge in [-0.3, -0.25) is 9.69 Å². The summed E-state index contributed by atoms with van der Waals surface area (Å²) in [7, 11) is 0. The van der Waals surface area contributed by atoms with Gasteiger partial charge in [-0.15, -0.1) is 0 Å². The number of carbonyl (C=O) groups is 1. The van der Waals surface area contributed by atoms with E-state index in [0.29, 0.717) is 11.0 Å². The van der Waals surface area contributed by atoms with E-state index < -0.39 is 0 Å². The summed E-state index contributed by atoms with van der Waals surface area (Å²) in [6.45, 7) is 14.6. The van der Waals surface area contributed by atoms with Crippen LogP contribution >= 0.6 is 0 Å². The minimum atomic E-state index is 0.0897. The van der Waals surface area contributed by atoms with Crippen molar-refractivity contribution in [2.75, 3.05) is 26.2 Å². The third-order valence-electron chi connectivity index (χ3n) is 4.31. The molecule has 0 aliphatic carbocycles. The highest BCUT2D eigenvalue weighted by atomic mass is 16.2. The van der Waals surface area contributed by atoms with Crippen molar-refractivity contribution in [3.05, 3.63) is 12.7 Å². The van der Waals surface area contributed by atoms with Gasteiger partial charge in [-0.1, -0.05) is 6.58 Å². The van der Waals surface area contributed by atoms with E-state index in [9.17, 15) is 4.79 Å².